The lowest BCUT2D eigenvalue weighted by Crippen LogP contribution is -2.53. The van der Waals surface area contributed by atoms with Gasteiger partial charge < -0.3 is 10.2 Å². The van der Waals surface area contributed by atoms with Gasteiger partial charge in [-0.2, -0.15) is 0 Å². The van der Waals surface area contributed by atoms with E-state index in [0.29, 0.717) is 30.1 Å². The molecule has 0 aliphatic rings. The minimum atomic E-state index is -4.08. The van der Waals surface area contributed by atoms with Gasteiger partial charge in [-0.1, -0.05) is 67.1 Å². The second-order valence-electron chi connectivity index (χ2n) is 8.44. The number of hydrogen-bond donors (Lipinski definition) is 1. The Balaban J connectivity index is 1.98. The van der Waals surface area contributed by atoms with E-state index in [-0.39, 0.29) is 17.3 Å². The third-order valence-electron chi connectivity index (χ3n) is 5.95. The molecule has 0 bridgehead atoms. The van der Waals surface area contributed by atoms with Crippen LogP contribution in [0.2, 0.25) is 5.02 Å². The molecule has 0 aliphatic heterocycles. The molecule has 0 aromatic heterocycles. The van der Waals surface area contributed by atoms with Gasteiger partial charge in [-0.15, -0.1) is 0 Å². The van der Waals surface area contributed by atoms with Crippen LogP contribution in [-0.4, -0.2) is 50.8 Å². The van der Waals surface area contributed by atoms with Crippen LogP contribution in [0.4, 0.5) is 5.69 Å². The molecular formula is C28H32ClN3O4S. The number of nitrogens with one attached hydrogen (secondary N) is 1. The van der Waals surface area contributed by atoms with Crippen LogP contribution in [0, 0.1) is 0 Å². The lowest BCUT2D eigenvalue weighted by atomic mass is 10.1. The number of anilines is 1. The first-order valence-electron chi connectivity index (χ1n) is 12.2. The molecule has 1 atom stereocenters. The maximum absolute atomic E-state index is 13.8. The number of carbonyl (C=O) groups is 2. The zero-order valence-electron chi connectivity index (χ0n) is 21.0. The highest BCUT2D eigenvalue weighted by molar-refractivity contribution is 7.92. The minimum Gasteiger partial charge on any atom is -0.355 e. The van der Waals surface area contributed by atoms with E-state index in [9.17, 15) is 18.0 Å². The number of carbonyl (C=O) groups excluding carboxylic acids is 2. The number of nitrogens with zero attached hydrogens (tertiary/aromatic N) is 2. The smallest absolute Gasteiger partial charge is 0.264 e. The van der Waals surface area contributed by atoms with E-state index in [4.69, 9.17) is 11.6 Å². The molecule has 3 aromatic rings. The Labute approximate surface area is 224 Å². The van der Waals surface area contributed by atoms with Crippen molar-refractivity contribution in [3.63, 3.8) is 0 Å². The van der Waals surface area contributed by atoms with Crippen LogP contribution in [0.25, 0.3) is 0 Å². The van der Waals surface area contributed by atoms with Crippen LogP contribution >= 0.6 is 11.6 Å². The Morgan fingerprint density at radius 1 is 0.892 bits per heavy atom. The highest BCUT2D eigenvalue weighted by Gasteiger charge is 2.33. The molecule has 2 amide bonds. The van der Waals surface area contributed by atoms with Gasteiger partial charge in [0, 0.05) is 18.1 Å². The third kappa shape index (κ3) is 7.33. The SMILES string of the molecule is CCNC(=O)[C@@H](CC)N(CCc1ccccc1)C(=O)CN(c1ccc(Cl)cc1)S(=O)(=O)c1ccccc1. The first-order valence-corrected chi connectivity index (χ1v) is 14.0. The van der Waals surface area contributed by atoms with Gasteiger partial charge in [-0.25, -0.2) is 8.42 Å². The van der Waals surface area contributed by atoms with Gasteiger partial charge in [-0.3, -0.25) is 13.9 Å². The summed E-state index contributed by atoms with van der Waals surface area (Å²) >= 11 is 6.04. The van der Waals surface area contributed by atoms with Crippen molar-refractivity contribution >= 4 is 39.1 Å². The summed E-state index contributed by atoms with van der Waals surface area (Å²) in [4.78, 5) is 28.3. The quantitative estimate of drug-likeness (QED) is 0.365. The molecule has 0 unspecified atom stereocenters. The second-order valence-corrected chi connectivity index (χ2v) is 10.7. The summed E-state index contributed by atoms with van der Waals surface area (Å²) in [5.74, 6) is -0.737. The van der Waals surface area contributed by atoms with Gasteiger partial charge >= 0.3 is 0 Å². The van der Waals surface area contributed by atoms with Gasteiger partial charge in [0.25, 0.3) is 10.0 Å². The summed E-state index contributed by atoms with van der Waals surface area (Å²) in [6.07, 6.45) is 0.910. The fourth-order valence-electron chi connectivity index (χ4n) is 4.04. The number of hydrogen-bond acceptors (Lipinski definition) is 4. The van der Waals surface area contributed by atoms with Gasteiger partial charge in [-0.05, 0) is 61.7 Å². The average molecular weight is 542 g/mol. The molecular weight excluding hydrogens is 510 g/mol. The minimum absolute atomic E-state index is 0.0596. The van der Waals surface area contributed by atoms with E-state index < -0.39 is 28.5 Å². The van der Waals surface area contributed by atoms with Crippen LogP contribution in [-0.2, 0) is 26.0 Å². The van der Waals surface area contributed by atoms with Crippen molar-refractivity contribution in [1.29, 1.82) is 0 Å². The van der Waals surface area contributed by atoms with Crippen molar-refractivity contribution in [3.8, 4) is 0 Å². The van der Waals surface area contributed by atoms with Crippen LogP contribution < -0.4 is 9.62 Å². The Kier molecular flexibility index (Phi) is 10.1. The highest BCUT2D eigenvalue weighted by Crippen LogP contribution is 2.26. The normalized spacial score (nSPS) is 12.0. The van der Waals surface area contributed by atoms with Gasteiger partial charge in [0.05, 0.1) is 10.6 Å². The lowest BCUT2D eigenvalue weighted by molar-refractivity contribution is -0.139. The molecule has 0 heterocycles. The average Bonchev–Trinajstić information content (AvgIpc) is 2.91. The van der Waals surface area contributed by atoms with Crippen molar-refractivity contribution in [1.82, 2.24) is 10.2 Å². The summed E-state index contributed by atoms with van der Waals surface area (Å²) in [5, 5.41) is 3.24. The van der Waals surface area contributed by atoms with E-state index in [1.807, 2.05) is 44.2 Å². The first-order chi connectivity index (χ1) is 17.8. The topological polar surface area (TPSA) is 86.8 Å². The Bertz CT molecular complexity index is 1270. The highest BCUT2D eigenvalue weighted by atomic mass is 35.5. The fraction of sp³-hybridized carbons (Fsp3) is 0.286. The number of halogens is 1. The summed E-state index contributed by atoms with van der Waals surface area (Å²) < 4.78 is 28.4. The molecule has 3 aromatic carbocycles. The van der Waals surface area contributed by atoms with E-state index in [0.717, 1.165) is 9.87 Å². The molecule has 9 heteroatoms. The number of likely N-dealkylation sites (N-methyl/N-ethyl adjacent to an activating group) is 1. The Morgan fingerprint density at radius 2 is 1.49 bits per heavy atom. The molecule has 0 fully saturated rings. The Morgan fingerprint density at radius 3 is 2.05 bits per heavy atom. The standard InChI is InChI=1S/C28H32ClN3O4S/c1-3-26(28(34)30-4-2)31(20-19-22-11-7-5-8-12-22)27(33)21-32(24-17-15-23(29)16-18-24)37(35,36)25-13-9-6-10-14-25/h5-18,26H,3-4,19-21H2,1-2H3,(H,30,34)/t26-/m1/s1. The van der Waals surface area contributed by atoms with E-state index in [1.54, 1.807) is 42.5 Å². The van der Waals surface area contributed by atoms with Crippen LogP contribution in [0.5, 0.6) is 0 Å². The van der Waals surface area contributed by atoms with Crippen LogP contribution in [0.1, 0.15) is 25.8 Å². The maximum atomic E-state index is 13.8. The van der Waals surface area contributed by atoms with Gasteiger partial charge in [0.1, 0.15) is 12.6 Å². The Hall–Kier alpha value is -3.36. The monoisotopic (exact) mass is 541 g/mol. The zero-order valence-corrected chi connectivity index (χ0v) is 22.6. The largest absolute Gasteiger partial charge is 0.355 e. The summed E-state index contributed by atoms with van der Waals surface area (Å²) in [6.45, 7) is 3.87. The number of amides is 2. The summed E-state index contributed by atoms with van der Waals surface area (Å²) in [7, 11) is -4.08. The maximum Gasteiger partial charge on any atom is 0.264 e. The molecule has 3 rings (SSSR count). The van der Waals surface area contributed by atoms with Crippen molar-refractivity contribution in [2.24, 2.45) is 0 Å². The lowest BCUT2D eigenvalue weighted by Gasteiger charge is -2.33. The molecule has 0 radical (unpaired) electrons. The summed E-state index contributed by atoms with van der Waals surface area (Å²) in [5.41, 5.74) is 1.31. The van der Waals surface area contributed by atoms with Gasteiger partial charge in [0.2, 0.25) is 11.8 Å². The molecule has 0 saturated heterocycles. The van der Waals surface area contributed by atoms with Crippen LogP contribution in [0.15, 0.2) is 89.8 Å². The second kappa shape index (κ2) is 13.3. The predicted molar refractivity (Wildman–Crippen MR) is 147 cm³/mol. The molecule has 196 valence electrons. The predicted octanol–water partition coefficient (Wildman–Crippen LogP) is 4.52. The van der Waals surface area contributed by atoms with Crippen LogP contribution in [0.3, 0.4) is 0 Å². The van der Waals surface area contributed by atoms with E-state index >= 15 is 0 Å². The van der Waals surface area contributed by atoms with Crippen molar-refractivity contribution in [2.45, 2.75) is 37.6 Å². The molecule has 0 spiro atoms. The first kappa shape index (κ1) is 28.2. The number of sulfonamides is 1. The van der Waals surface area contributed by atoms with E-state index in [2.05, 4.69) is 5.32 Å². The van der Waals surface area contributed by atoms with Crippen molar-refractivity contribution in [2.75, 3.05) is 23.9 Å². The third-order valence-corrected chi connectivity index (χ3v) is 7.99. The number of benzene rings is 3. The van der Waals surface area contributed by atoms with Gasteiger partial charge in [0.15, 0.2) is 0 Å². The fourth-order valence-corrected chi connectivity index (χ4v) is 5.60. The molecule has 0 aliphatic carbocycles. The number of rotatable bonds is 12. The molecule has 7 nitrogen and oxygen atoms in total. The molecule has 0 saturated carbocycles. The zero-order chi connectivity index (χ0) is 26.8. The molecule has 37 heavy (non-hydrogen) atoms. The van der Waals surface area contributed by atoms with E-state index in [1.165, 1.54) is 17.0 Å². The van der Waals surface area contributed by atoms with Crippen molar-refractivity contribution in [3.05, 3.63) is 95.5 Å². The molecule has 1 N–H and O–H groups in total. The summed E-state index contributed by atoms with van der Waals surface area (Å²) in [6, 6.07) is 23.1. The van der Waals surface area contributed by atoms with Crippen molar-refractivity contribution < 1.29 is 18.0 Å².